The average molecular weight is 171 g/mol. The van der Waals surface area contributed by atoms with Crippen LogP contribution in [0.2, 0.25) is 0 Å². The normalized spacial score (nSPS) is 17.2. The summed E-state index contributed by atoms with van der Waals surface area (Å²) in [7, 11) is 0. The van der Waals surface area contributed by atoms with Crippen molar-refractivity contribution in [2.45, 2.75) is 25.3 Å². The maximum absolute atomic E-state index is 5.59. The van der Waals surface area contributed by atoms with Gasteiger partial charge >= 0.3 is 0 Å². The van der Waals surface area contributed by atoms with Gasteiger partial charge in [-0.1, -0.05) is 0 Å². The van der Waals surface area contributed by atoms with E-state index in [0.717, 1.165) is 18.2 Å². The second-order valence-electron chi connectivity index (χ2n) is 2.98. The van der Waals surface area contributed by atoms with Crippen molar-refractivity contribution in [2.75, 3.05) is 5.88 Å². The van der Waals surface area contributed by atoms with Crippen molar-refractivity contribution in [1.29, 1.82) is 0 Å². The minimum Gasteiger partial charge on any atom is -0.334 e. The lowest BCUT2D eigenvalue weighted by molar-refractivity contribution is 0.739. The van der Waals surface area contributed by atoms with E-state index in [-0.39, 0.29) is 0 Å². The van der Waals surface area contributed by atoms with Crippen LogP contribution in [0.4, 0.5) is 0 Å². The van der Waals surface area contributed by atoms with Gasteiger partial charge in [0.25, 0.3) is 0 Å². The zero-order valence-corrected chi connectivity index (χ0v) is 7.09. The van der Waals surface area contributed by atoms with Crippen LogP contribution in [0.25, 0.3) is 0 Å². The largest absolute Gasteiger partial charge is 0.334 e. The lowest BCUT2D eigenvalue weighted by atomic mass is 10.4. The number of hydrogen-bond acceptors (Lipinski definition) is 1. The molecule has 2 rings (SSSR count). The molecule has 3 heteroatoms. The van der Waals surface area contributed by atoms with E-state index in [9.17, 15) is 0 Å². The molecule has 0 bridgehead atoms. The maximum atomic E-state index is 5.59. The Balaban J connectivity index is 2.06. The molecule has 1 aromatic rings. The van der Waals surface area contributed by atoms with Crippen LogP contribution in [-0.4, -0.2) is 15.4 Å². The third-order valence-electron chi connectivity index (χ3n) is 1.97. The van der Waals surface area contributed by atoms with E-state index in [1.165, 1.54) is 12.8 Å². The third-order valence-corrected chi connectivity index (χ3v) is 2.16. The minimum atomic E-state index is 0.668. The van der Waals surface area contributed by atoms with Crippen molar-refractivity contribution in [3.05, 3.63) is 18.2 Å². The number of hydrogen-bond donors (Lipinski definition) is 0. The van der Waals surface area contributed by atoms with Crippen molar-refractivity contribution in [3.63, 3.8) is 0 Å². The van der Waals surface area contributed by atoms with E-state index in [2.05, 4.69) is 15.7 Å². The van der Waals surface area contributed by atoms with Gasteiger partial charge in [-0.3, -0.25) is 0 Å². The Morgan fingerprint density at radius 2 is 2.45 bits per heavy atom. The first kappa shape index (κ1) is 7.17. The van der Waals surface area contributed by atoms with Crippen LogP contribution in [-0.2, 0) is 6.42 Å². The van der Waals surface area contributed by atoms with Crippen LogP contribution in [0.3, 0.4) is 0 Å². The van der Waals surface area contributed by atoms with Gasteiger partial charge in [-0.25, -0.2) is 4.98 Å². The monoisotopic (exact) mass is 170 g/mol. The molecule has 0 aromatic carbocycles. The highest BCUT2D eigenvalue weighted by Gasteiger charge is 2.22. The second kappa shape index (κ2) is 2.86. The summed E-state index contributed by atoms with van der Waals surface area (Å²) in [4.78, 5) is 4.25. The van der Waals surface area contributed by atoms with Gasteiger partial charge in [-0.15, -0.1) is 11.6 Å². The first-order valence-electron chi connectivity index (χ1n) is 3.98. The highest BCUT2D eigenvalue weighted by Crippen LogP contribution is 2.34. The number of rotatable bonds is 3. The molecule has 0 amide bonds. The first-order chi connectivity index (χ1) is 5.40. The zero-order chi connectivity index (χ0) is 7.68. The fraction of sp³-hybridized carbons (Fsp3) is 0.625. The number of nitrogens with zero attached hydrogens (tertiary/aromatic N) is 2. The number of halogens is 1. The standard InChI is InChI=1S/C8H11ClN2/c9-4-3-7-5-11(6-10-7)8-1-2-8/h5-6,8H,1-4H2. The molecule has 0 unspecified atom stereocenters. The lowest BCUT2D eigenvalue weighted by Gasteiger charge is -1.93. The number of aryl methyl sites for hydroxylation is 1. The Hall–Kier alpha value is -0.500. The highest BCUT2D eigenvalue weighted by atomic mass is 35.5. The van der Waals surface area contributed by atoms with Crippen molar-refractivity contribution < 1.29 is 0 Å². The first-order valence-corrected chi connectivity index (χ1v) is 4.52. The molecule has 1 aromatic heterocycles. The highest BCUT2D eigenvalue weighted by molar-refractivity contribution is 6.17. The Kier molecular flexibility index (Phi) is 1.86. The molecule has 0 N–H and O–H groups in total. The van der Waals surface area contributed by atoms with E-state index in [4.69, 9.17) is 11.6 Å². The molecule has 1 aliphatic rings. The molecule has 11 heavy (non-hydrogen) atoms. The van der Waals surface area contributed by atoms with Crippen molar-refractivity contribution in [1.82, 2.24) is 9.55 Å². The Morgan fingerprint density at radius 3 is 3.09 bits per heavy atom. The molecule has 1 heterocycles. The van der Waals surface area contributed by atoms with E-state index in [1.54, 1.807) is 0 Å². The molecule has 60 valence electrons. The molecule has 1 saturated carbocycles. The number of aromatic nitrogens is 2. The van der Waals surface area contributed by atoms with Crippen molar-refractivity contribution in [2.24, 2.45) is 0 Å². The fourth-order valence-electron chi connectivity index (χ4n) is 1.18. The smallest absolute Gasteiger partial charge is 0.0951 e. The van der Waals surface area contributed by atoms with Gasteiger partial charge < -0.3 is 4.57 Å². The van der Waals surface area contributed by atoms with Gasteiger partial charge in [0, 0.05) is 24.5 Å². The predicted molar refractivity (Wildman–Crippen MR) is 44.9 cm³/mol. The van der Waals surface area contributed by atoms with Crippen LogP contribution in [0.5, 0.6) is 0 Å². The van der Waals surface area contributed by atoms with Crippen LogP contribution in [0.1, 0.15) is 24.6 Å². The zero-order valence-electron chi connectivity index (χ0n) is 6.33. The molecule has 1 fully saturated rings. The fourth-order valence-corrected chi connectivity index (χ4v) is 1.37. The van der Waals surface area contributed by atoms with Gasteiger partial charge in [0.1, 0.15) is 0 Å². The van der Waals surface area contributed by atoms with E-state index in [1.807, 2.05) is 6.33 Å². The molecule has 0 radical (unpaired) electrons. The summed E-state index contributed by atoms with van der Waals surface area (Å²) in [6.45, 7) is 0. The maximum Gasteiger partial charge on any atom is 0.0951 e. The molecule has 0 saturated heterocycles. The molecule has 1 aliphatic carbocycles. The van der Waals surface area contributed by atoms with E-state index in [0.29, 0.717) is 5.88 Å². The third kappa shape index (κ3) is 1.56. The van der Waals surface area contributed by atoms with Gasteiger partial charge in [0.2, 0.25) is 0 Å². The SMILES string of the molecule is ClCCc1cn(C2CC2)cn1. The predicted octanol–water partition coefficient (Wildman–Crippen LogP) is 2.00. The van der Waals surface area contributed by atoms with Gasteiger partial charge in [0.05, 0.1) is 12.0 Å². The molecule has 2 nitrogen and oxygen atoms in total. The summed E-state index contributed by atoms with van der Waals surface area (Å²) in [6.07, 6.45) is 7.55. The summed E-state index contributed by atoms with van der Waals surface area (Å²) < 4.78 is 2.20. The van der Waals surface area contributed by atoms with Gasteiger partial charge in [-0.2, -0.15) is 0 Å². The average Bonchev–Trinajstić information content (AvgIpc) is 2.75. The van der Waals surface area contributed by atoms with Crippen LogP contribution >= 0.6 is 11.6 Å². The quantitative estimate of drug-likeness (QED) is 0.635. The van der Waals surface area contributed by atoms with Crippen LogP contribution in [0.15, 0.2) is 12.5 Å². The summed E-state index contributed by atoms with van der Waals surface area (Å²) in [5.74, 6) is 0.668. The summed E-state index contributed by atoms with van der Waals surface area (Å²) in [5.41, 5.74) is 1.12. The summed E-state index contributed by atoms with van der Waals surface area (Å²) in [5, 5.41) is 0. The summed E-state index contributed by atoms with van der Waals surface area (Å²) >= 11 is 5.59. The molecular formula is C8H11ClN2. The van der Waals surface area contributed by atoms with Crippen molar-refractivity contribution >= 4 is 11.6 Å². The van der Waals surface area contributed by atoms with Crippen molar-refractivity contribution in [3.8, 4) is 0 Å². The number of imidazole rings is 1. The Bertz CT molecular complexity index is 240. The minimum absolute atomic E-state index is 0.668. The Labute approximate surface area is 71.2 Å². The second-order valence-corrected chi connectivity index (χ2v) is 3.36. The molecule has 0 atom stereocenters. The van der Waals surface area contributed by atoms with Crippen LogP contribution in [0, 0.1) is 0 Å². The summed E-state index contributed by atoms with van der Waals surface area (Å²) in [6, 6.07) is 0.742. The molecule has 0 aliphatic heterocycles. The molecule has 0 spiro atoms. The van der Waals surface area contributed by atoms with Gasteiger partial charge in [-0.05, 0) is 12.8 Å². The topological polar surface area (TPSA) is 17.8 Å². The lowest BCUT2D eigenvalue weighted by Crippen LogP contribution is -1.88. The number of alkyl halides is 1. The van der Waals surface area contributed by atoms with E-state index >= 15 is 0 Å². The Morgan fingerprint density at radius 1 is 1.64 bits per heavy atom. The van der Waals surface area contributed by atoms with Crippen LogP contribution < -0.4 is 0 Å². The van der Waals surface area contributed by atoms with E-state index < -0.39 is 0 Å². The van der Waals surface area contributed by atoms with Gasteiger partial charge in [0.15, 0.2) is 0 Å². The molecular weight excluding hydrogens is 160 g/mol.